The molecule has 5 heteroatoms. The molecule has 1 aromatic carbocycles. The van der Waals surface area contributed by atoms with Gasteiger partial charge in [-0.25, -0.2) is 0 Å². The lowest BCUT2D eigenvalue weighted by Crippen LogP contribution is -2.35. The Labute approximate surface area is 130 Å². The van der Waals surface area contributed by atoms with Gasteiger partial charge in [-0.3, -0.25) is 4.79 Å². The van der Waals surface area contributed by atoms with Crippen molar-refractivity contribution in [2.75, 3.05) is 12.4 Å². The Hall–Kier alpha value is -1.26. The normalized spacial score (nSPS) is 17.3. The minimum atomic E-state index is -0.864. The van der Waals surface area contributed by atoms with E-state index in [9.17, 15) is 9.90 Å². The van der Waals surface area contributed by atoms with Gasteiger partial charge in [0.15, 0.2) is 0 Å². The molecule has 0 unspecified atom stereocenters. The maximum absolute atomic E-state index is 12.2. The van der Waals surface area contributed by atoms with Crippen molar-refractivity contribution in [1.29, 1.82) is 0 Å². The Balaban J connectivity index is 2.07. The van der Waals surface area contributed by atoms with E-state index in [1.807, 2.05) is 6.92 Å². The number of hydrogen-bond acceptors (Lipinski definition) is 3. The van der Waals surface area contributed by atoms with Gasteiger partial charge in [0.2, 0.25) is 5.91 Å². The summed E-state index contributed by atoms with van der Waals surface area (Å²) in [6.45, 7) is 1.87. The van der Waals surface area contributed by atoms with Crippen molar-refractivity contribution in [2.45, 2.75) is 51.0 Å². The van der Waals surface area contributed by atoms with Crippen LogP contribution in [-0.2, 0) is 4.79 Å². The Morgan fingerprint density at radius 3 is 2.67 bits per heavy atom. The van der Waals surface area contributed by atoms with E-state index in [1.54, 1.807) is 12.1 Å². The number of rotatable bonds is 4. The van der Waals surface area contributed by atoms with E-state index in [-0.39, 0.29) is 12.3 Å². The fourth-order valence-corrected chi connectivity index (χ4v) is 2.96. The minimum Gasteiger partial charge on any atom is -0.495 e. The van der Waals surface area contributed by atoms with Crippen molar-refractivity contribution in [1.82, 2.24) is 0 Å². The summed E-state index contributed by atoms with van der Waals surface area (Å²) in [5, 5.41) is 13.8. The Morgan fingerprint density at radius 1 is 1.38 bits per heavy atom. The first-order valence-electron chi connectivity index (χ1n) is 7.30. The van der Waals surface area contributed by atoms with E-state index in [2.05, 4.69) is 5.32 Å². The molecular formula is C16H22ClNO3. The molecule has 0 bridgehead atoms. The zero-order chi connectivity index (χ0) is 15.5. The molecule has 4 nitrogen and oxygen atoms in total. The lowest BCUT2D eigenvalue weighted by molar-refractivity contribution is -0.122. The van der Waals surface area contributed by atoms with E-state index in [0.717, 1.165) is 24.8 Å². The summed E-state index contributed by atoms with van der Waals surface area (Å²) in [5.41, 5.74) is 0.588. The van der Waals surface area contributed by atoms with Crippen molar-refractivity contribution in [3.05, 3.63) is 22.7 Å². The van der Waals surface area contributed by atoms with Gasteiger partial charge in [-0.2, -0.15) is 0 Å². The van der Waals surface area contributed by atoms with Gasteiger partial charge < -0.3 is 15.2 Å². The van der Waals surface area contributed by atoms with E-state index in [0.29, 0.717) is 29.3 Å². The molecule has 116 valence electrons. The highest BCUT2D eigenvalue weighted by Gasteiger charge is 2.31. The molecule has 1 fully saturated rings. The standard InChI is InChI=1S/C16H22ClNO3/c1-11-8-13(14(21-2)9-12(11)17)18-15(19)10-16(20)6-4-3-5-7-16/h8-9,20H,3-7,10H2,1-2H3,(H,18,19). The molecule has 1 aliphatic carbocycles. The number of halogens is 1. The van der Waals surface area contributed by atoms with Gasteiger partial charge in [0, 0.05) is 11.1 Å². The number of benzene rings is 1. The lowest BCUT2D eigenvalue weighted by Gasteiger charge is -2.31. The second-order valence-corrected chi connectivity index (χ2v) is 6.22. The molecule has 0 spiro atoms. The first-order valence-corrected chi connectivity index (χ1v) is 7.68. The molecule has 0 radical (unpaired) electrons. The van der Waals surface area contributed by atoms with Crippen molar-refractivity contribution in [3.63, 3.8) is 0 Å². The average molecular weight is 312 g/mol. The van der Waals surface area contributed by atoms with Crippen LogP contribution in [0.25, 0.3) is 0 Å². The van der Waals surface area contributed by atoms with Crippen LogP contribution >= 0.6 is 11.6 Å². The molecule has 2 rings (SSSR count). The number of carbonyl (C=O) groups is 1. The number of aliphatic hydroxyl groups is 1. The molecule has 1 saturated carbocycles. The second-order valence-electron chi connectivity index (χ2n) is 5.81. The van der Waals surface area contributed by atoms with Crippen molar-refractivity contribution < 1.29 is 14.6 Å². The molecular weight excluding hydrogens is 290 g/mol. The zero-order valence-corrected chi connectivity index (χ0v) is 13.3. The van der Waals surface area contributed by atoms with Crippen LogP contribution in [0, 0.1) is 6.92 Å². The molecule has 21 heavy (non-hydrogen) atoms. The fraction of sp³-hybridized carbons (Fsp3) is 0.562. The lowest BCUT2D eigenvalue weighted by atomic mass is 9.82. The number of amides is 1. The molecule has 2 N–H and O–H groups in total. The first kappa shape index (κ1) is 16.1. The van der Waals surface area contributed by atoms with Gasteiger partial charge in [0.1, 0.15) is 5.75 Å². The minimum absolute atomic E-state index is 0.123. The number of anilines is 1. The monoisotopic (exact) mass is 311 g/mol. The summed E-state index contributed by atoms with van der Waals surface area (Å²) in [6, 6.07) is 3.46. The van der Waals surface area contributed by atoms with Crippen LogP contribution in [0.5, 0.6) is 5.75 Å². The van der Waals surface area contributed by atoms with Gasteiger partial charge in [-0.1, -0.05) is 30.9 Å². The number of nitrogens with one attached hydrogen (secondary N) is 1. The van der Waals surface area contributed by atoms with Gasteiger partial charge in [-0.15, -0.1) is 0 Å². The van der Waals surface area contributed by atoms with E-state index in [1.165, 1.54) is 7.11 Å². The molecule has 0 atom stereocenters. The second kappa shape index (κ2) is 6.67. The molecule has 0 heterocycles. The first-order chi connectivity index (χ1) is 9.93. The van der Waals surface area contributed by atoms with E-state index < -0.39 is 5.60 Å². The molecule has 0 aromatic heterocycles. The van der Waals surface area contributed by atoms with Crippen LogP contribution < -0.4 is 10.1 Å². The van der Waals surface area contributed by atoms with Crippen LogP contribution in [0.4, 0.5) is 5.69 Å². The van der Waals surface area contributed by atoms with Crippen molar-refractivity contribution >= 4 is 23.2 Å². The van der Waals surface area contributed by atoms with Crippen LogP contribution in [-0.4, -0.2) is 23.7 Å². The largest absolute Gasteiger partial charge is 0.495 e. The number of hydrogen-bond donors (Lipinski definition) is 2. The summed E-state index contributed by atoms with van der Waals surface area (Å²) >= 11 is 6.05. The van der Waals surface area contributed by atoms with Crippen LogP contribution in [0.1, 0.15) is 44.1 Å². The number of methoxy groups -OCH3 is 1. The van der Waals surface area contributed by atoms with Crippen molar-refractivity contribution in [3.8, 4) is 5.75 Å². The van der Waals surface area contributed by atoms with Gasteiger partial charge in [0.25, 0.3) is 0 Å². The average Bonchev–Trinajstić information content (AvgIpc) is 2.42. The number of carbonyl (C=O) groups excluding carboxylic acids is 1. The van der Waals surface area contributed by atoms with Gasteiger partial charge in [0.05, 0.1) is 24.8 Å². The zero-order valence-electron chi connectivity index (χ0n) is 12.5. The summed E-state index contributed by atoms with van der Waals surface area (Å²) in [6.07, 6.45) is 4.60. The van der Waals surface area contributed by atoms with Crippen molar-refractivity contribution in [2.24, 2.45) is 0 Å². The molecule has 0 saturated heterocycles. The Bertz CT molecular complexity index is 524. The molecule has 1 amide bonds. The maximum Gasteiger partial charge on any atom is 0.227 e. The number of ether oxygens (including phenoxy) is 1. The summed E-state index contributed by atoms with van der Waals surface area (Å²) in [5.74, 6) is 0.328. The highest BCUT2D eigenvalue weighted by molar-refractivity contribution is 6.31. The number of aryl methyl sites for hydroxylation is 1. The SMILES string of the molecule is COc1cc(Cl)c(C)cc1NC(=O)CC1(O)CCCCC1. The third-order valence-corrected chi connectivity index (χ3v) is 4.44. The van der Waals surface area contributed by atoms with Crippen LogP contribution in [0.3, 0.4) is 0 Å². The van der Waals surface area contributed by atoms with Gasteiger partial charge in [-0.05, 0) is 31.4 Å². The van der Waals surface area contributed by atoms with Crippen LogP contribution in [0.2, 0.25) is 5.02 Å². The van der Waals surface area contributed by atoms with E-state index >= 15 is 0 Å². The Morgan fingerprint density at radius 2 is 2.05 bits per heavy atom. The smallest absolute Gasteiger partial charge is 0.227 e. The topological polar surface area (TPSA) is 58.6 Å². The molecule has 1 aromatic rings. The third-order valence-electron chi connectivity index (χ3n) is 4.03. The van der Waals surface area contributed by atoms with E-state index in [4.69, 9.17) is 16.3 Å². The molecule has 1 aliphatic rings. The highest BCUT2D eigenvalue weighted by atomic mass is 35.5. The summed E-state index contributed by atoms with van der Waals surface area (Å²) < 4.78 is 5.24. The van der Waals surface area contributed by atoms with Gasteiger partial charge >= 0.3 is 0 Å². The van der Waals surface area contributed by atoms with Crippen LogP contribution in [0.15, 0.2) is 12.1 Å². The highest BCUT2D eigenvalue weighted by Crippen LogP contribution is 2.33. The maximum atomic E-state index is 12.2. The molecule has 0 aliphatic heterocycles. The predicted molar refractivity (Wildman–Crippen MR) is 84.0 cm³/mol. The summed E-state index contributed by atoms with van der Waals surface area (Å²) in [4.78, 5) is 12.2. The third kappa shape index (κ3) is 4.11. The fourth-order valence-electron chi connectivity index (χ4n) is 2.81. The summed E-state index contributed by atoms with van der Waals surface area (Å²) in [7, 11) is 1.53. The predicted octanol–water partition coefficient (Wildman–Crippen LogP) is 3.68. The quantitative estimate of drug-likeness (QED) is 0.891. The Kier molecular flexibility index (Phi) is 5.12.